The summed E-state index contributed by atoms with van der Waals surface area (Å²) in [4.78, 5) is 4.21. The first kappa shape index (κ1) is 16.5. The van der Waals surface area contributed by atoms with Crippen molar-refractivity contribution in [2.75, 3.05) is 19.7 Å². The highest BCUT2D eigenvalue weighted by Gasteiger charge is 2.13. The Bertz CT molecular complexity index is 300. The summed E-state index contributed by atoms with van der Waals surface area (Å²) in [7, 11) is 0. The molecule has 1 saturated heterocycles. The number of nitrogens with zero attached hydrogens (tertiary/aromatic N) is 1. The molecule has 0 aromatic carbocycles. The molecule has 0 saturated carbocycles. The van der Waals surface area contributed by atoms with E-state index in [0.29, 0.717) is 5.92 Å². The number of aryl methyl sites for hydroxylation is 1. The Balaban J connectivity index is 0.00000128. The summed E-state index contributed by atoms with van der Waals surface area (Å²) in [5.74, 6) is 1.59. The van der Waals surface area contributed by atoms with Crippen molar-refractivity contribution in [2.24, 2.45) is 5.92 Å². The second-order valence-corrected chi connectivity index (χ2v) is 4.14. The van der Waals surface area contributed by atoms with Gasteiger partial charge in [-0.2, -0.15) is 0 Å². The fraction of sp³-hybridized carbons (Fsp3) is 0.583. The number of piperidine rings is 1. The van der Waals surface area contributed by atoms with Gasteiger partial charge in [0.1, 0.15) is 5.75 Å². The van der Waals surface area contributed by atoms with Crippen LogP contribution in [0.4, 0.5) is 0 Å². The molecule has 1 aliphatic heterocycles. The predicted molar refractivity (Wildman–Crippen MR) is 74.6 cm³/mol. The number of ether oxygens (including phenoxy) is 1. The maximum atomic E-state index is 5.71. The fourth-order valence-electron chi connectivity index (χ4n) is 1.80. The molecule has 0 spiro atoms. The molecule has 0 radical (unpaired) electrons. The van der Waals surface area contributed by atoms with Crippen LogP contribution in [0.3, 0.4) is 0 Å². The Morgan fingerprint density at radius 2 is 2.00 bits per heavy atom. The smallest absolute Gasteiger partial charge is 0.137 e. The first-order valence-corrected chi connectivity index (χ1v) is 5.61. The van der Waals surface area contributed by atoms with Crippen molar-refractivity contribution in [3.05, 3.63) is 24.0 Å². The molecule has 1 aromatic rings. The summed E-state index contributed by atoms with van der Waals surface area (Å²) >= 11 is 0. The number of rotatable bonds is 3. The van der Waals surface area contributed by atoms with E-state index in [1.54, 1.807) is 6.20 Å². The van der Waals surface area contributed by atoms with Gasteiger partial charge in [-0.3, -0.25) is 4.98 Å². The van der Waals surface area contributed by atoms with Crippen LogP contribution in [0, 0.1) is 12.8 Å². The van der Waals surface area contributed by atoms with E-state index >= 15 is 0 Å². The molecule has 0 unspecified atom stereocenters. The summed E-state index contributed by atoms with van der Waals surface area (Å²) in [6.07, 6.45) is 4.25. The Labute approximate surface area is 115 Å². The summed E-state index contributed by atoms with van der Waals surface area (Å²) in [5, 5.41) is 3.35. The molecule has 2 heterocycles. The topological polar surface area (TPSA) is 34.1 Å². The van der Waals surface area contributed by atoms with Crippen LogP contribution < -0.4 is 10.1 Å². The summed E-state index contributed by atoms with van der Waals surface area (Å²) in [6.45, 7) is 5.06. The minimum atomic E-state index is 0. The second-order valence-electron chi connectivity index (χ2n) is 4.14. The summed E-state index contributed by atoms with van der Waals surface area (Å²) < 4.78 is 5.71. The van der Waals surface area contributed by atoms with Crippen LogP contribution in [-0.2, 0) is 0 Å². The fourth-order valence-corrected chi connectivity index (χ4v) is 1.80. The van der Waals surface area contributed by atoms with Gasteiger partial charge in [0.2, 0.25) is 0 Å². The summed E-state index contributed by atoms with van der Waals surface area (Å²) in [5.41, 5.74) is 1.03. The van der Waals surface area contributed by atoms with Crippen molar-refractivity contribution in [1.82, 2.24) is 10.3 Å². The van der Waals surface area contributed by atoms with E-state index in [2.05, 4.69) is 10.3 Å². The number of nitrogens with one attached hydrogen (secondary N) is 1. The lowest BCUT2D eigenvalue weighted by Crippen LogP contribution is -2.30. The van der Waals surface area contributed by atoms with E-state index in [9.17, 15) is 0 Å². The zero-order valence-corrected chi connectivity index (χ0v) is 11.6. The van der Waals surface area contributed by atoms with Crippen molar-refractivity contribution in [1.29, 1.82) is 0 Å². The van der Waals surface area contributed by atoms with Gasteiger partial charge >= 0.3 is 0 Å². The second kappa shape index (κ2) is 8.56. The molecule has 1 aliphatic rings. The molecule has 1 aromatic heterocycles. The Hall–Kier alpha value is -0.510. The van der Waals surface area contributed by atoms with Gasteiger partial charge < -0.3 is 10.1 Å². The van der Waals surface area contributed by atoms with Crippen LogP contribution in [0.25, 0.3) is 0 Å². The SMILES string of the molecule is Cc1ccc(OCC2CCNCC2)cn1.Cl.Cl. The van der Waals surface area contributed by atoms with Crippen LogP contribution in [-0.4, -0.2) is 24.7 Å². The maximum absolute atomic E-state index is 5.71. The minimum absolute atomic E-state index is 0. The third-order valence-corrected chi connectivity index (χ3v) is 2.83. The number of aromatic nitrogens is 1. The number of pyridine rings is 1. The molecule has 98 valence electrons. The van der Waals surface area contributed by atoms with E-state index < -0.39 is 0 Å². The van der Waals surface area contributed by atoms with Gasteiger partial charge in [-0.15, -0.1) is 24.8 Å². The monoisotopic (exact) mass is 278 g/mol. The molecule has 0 atom stereocenters. The molecule has 17 heavy (non-hydrogen) atoms. The van der Waals surface area contributed by atoms with Gasteiger partial charge in [0.05, 0.1) is 12.8 Å². The van der Waals surface area contributed by atoms with E-state index in [4.69, 9.17) is 4.74 Å². The normalized spacial score (nSPS) is 15.6. The molecule has 3 nitrogen and oxygen atoms in total. The van der Waals surface area contributed by atoms with Crippen LogP contribution in [0.5, 0.6) is 5.75 Å². The van der Waals surface area contributed by atoms with Crippen molar-refractivity contribution in [2.45, 2.75) is 19.8 Å². The largest absolute Gasteiger partial charge is 0.492 e. The van der Waals surface area contributed by atoms with Crippen LogP contribution in [0.1, 0.15) is 18.5 Å². The third kappa shape index (κ3) is 5.57. The average molecular weight is 279 g/mol. The molecule has 0 bridgehead atoms. The van der Waals surface area contributed by atoms with Gasteiger partial charge in [0.25, 0.3) is 0 Å². The van der Waals surface area contributed by atoms with E-state index in [-0.39, 0.29) is 24.8 Å². The molecule has 5 heteroatoms. The molecular weight excluding hydrogens is 259 g/mol. The van der Waals surface area contributed by atoms with Crippen LogP contribution in [0.2, 0.25) is 0 Å². The van der Waals surface area contributed by atoms with Crippen molar-refractivity contribution >= 4 is 24.8 Å². The highest BCUT2D eigenvalue weighted by atomic mass is 35.5. The molecule has 0 amide bonds. The van der Waals surface area contributed by atoms with E-state index in [0.717, 1.165) is 31.1 Å². The Morgan fingerprint density at radius 1 is 1.29 bits per heavy atom. The van der Waals surface area contributed by atoms with Crippen molar-refractivity contribution in [3.8, 4) is 5.75 Å². The lowest BCUT2D eigenvalue weighted by atomic mass is 9.99. The zero-order chi connectivity index (χ0) is 10.5. The quantitative estimate of drug-likeness (QED) is 0.923. The predicted octanol–water partition coefficient (Wildman–Crippen LogP) is 2.61. The number of halogens is 2. The van der Waals surface area contributed by atoms with Gasteiger partial charge in [-0.05, 0) is 50.9 Å². The Morgan fingerprint density at radius 3 is 2.59 bits per heavy atom. The van der Waals surface area contributed by atoms with E-state index in [1.165, 1.54) is 12.8 Å². The Kier molecular flexibility index (Phi) is 8.30. The van der Waals surface area contributed by atoms with Crippen LogP contribution in [0.15, 0.2) is 18.3 Å². The number of hydrogen-bond acceptors (Lipinski definition) is 3. The third-order valence-electron chi connectivity index (χ3n) is 2.83. The highest BCUT2D eigenvalue weighted by Crippen LogP contribution is 2.15. The molecule has 1 fully saturated rings. The zero-order valence-electron chi connectivity index (χ0n) is 10.0. The maximum Gasteiger partial charge on any atom is 0.137 e. The minimum Gasteiger partial charge on any atom is -0.492 e. The lowest BCUT2D eigenvalue weighted by molar-refractivity contribution is 0.214. The van der Waals surface area contributed by atoms with Gasteiger partial charge in [0, 0.05) is 5.69 Å². The average Bonchev–Trinajstić information content (AvgIpc) is 2.30. The lowest BCUT2D eigenvalue weighted by Gasteiger charge is -2.22. The molecular formula is C12H20Cl2N2O. The molecule has 1 N–H and O–H groups in total. The molecule has 0 aliphatic carbocycles. The van der Waals surface area contributed by atoms with Gasteiger partial charge in [0.15, 0.2) is 0 Å². The van der Waals surface area contributed by atoms with Crippen molar-refractivity contribution < 1.29 is 4.74 Å². The van der Waals surface area contributed by atoms with Gasteiger partial charge in [-0.1, -0.05) is 0 Å². The van der Waals surface area contributed by atoms with Gasteiger partial charge in [-0.25, -0.2) is 0 Å². The number of hydrogen-bond donors (Lipinski definition) is 1. The standard InChI is InChI=1S/C12H18N2O.2ClH/c1-10-2-3-12(8-14-10)15-9-11-4-6-13-7-5-11;;/h2-3,8,11,13H,4-7,9H2,1H3;2*1H. The van der Waals surface area contributed by atoms with Crippen molar-refractivity contribution in [3.63, 3.8) is 0 Å². The summed E-state index contributed by atoms with van der Waals surface area (Å²) in [6, 6.07) is 3.97. The van der Waals surface area contributed by atoms with Crippen LogP contribution >= 0.6 is 24.8 Å². The first-order valence-electron chi connectivity index (χ1n) is 5.61. The molecule has 2 rings (SSSR count). The van der Waals surface area contributed by atoms with E-state index in [1.807, 2.05) is 19.1 Å². The highest BCUT2D eigenvalue weighted by molar-refractivity contribution is 5.85. The first-order chi connectivity index (χ1) is 7.34.